The quantitative estimate of drug-likeness (QED) is 0.337. The molecule has 1 heterocycles. The second-order valence-corrected chi connectivity index (χ2v) is 12.5. The van der Waals surface area contributed by atoms with Crippen LogP contribution in [0.15, 0.2) is 47.4 Å². The maximum Gasteiger partial charge on any atom is 0.309 e. The standard InChI is InChI=1S/C25H23ClF2N2O6S2/c26-23-18(13-21(31)32)29-25(37-23)30-24(33)22(36-19-11-10-14(27)12-17(19)28)16-8-4-5-9-20(16)38(34,35)15-6-2-1-3-7-15/h4-5,8-12,15,22H,1-3,6-7,13H2,(H,31,32)(H,29,30,33). The maximum absolute atomic E-state index is 14.5. The zero-order valence-electron chi connectivity index (χ0n) is 19.8. The summed E-state index contributed by atoms with van der Waals surface area (Å²) in [7, 11) is -3.88. The van der Waals surface area contributed by atoms with Crippen molar-refractivity contribution in [3.05, 3.63) is 69.7 Å². The number of rotatable bonds is 9. The van der Waals surface area contributed by atoms with Crippen LogP contribution < -0.4 is 10.1 Å². The van der Waals surface area contributed by atoms with Crippen LogP contribution in [-0.4, -0.2) is 35.6 Å². The second-order valence-electron chi connectivity index (χ2n) is 8.71. The molecule has 1 atom stereocenters. The molecule has 8 nitrogen and oxygen atoms in total. The number of thiazole rings is 1. The summed E-state index contributed by atoms with van der Waals surface area (Å²) in [6, 6.07) is 8.32. The third kappa shape index (κ3) is 6.30. The molecule has 1 aliphatic rings. The van der Waals surface area contributed by atoms with Crippen LogP contribution in [0.25, 0.3) is 0 Å². The zero-order valence-corrected chi connectivity index (χ0v) is 22.2. The topological polar surface area (TPSA) is 123 Å². The van der Waals surface area contributed by atoms with E-state index in [-0.39, 0.29) is 25.6 Å². The largest absolute Gasteiger partial charge is 0.481 e. The van der Waals surface area contributed by atoms with Gasteiger partial charge in [0.25, 0.3) is 5.91 Å². The molecular formula is C25H23ClF2N2O6S2. The van der Waals surface area contributed by atoms with Gasteiger partial charge >= 0.3 is 5.97 Å². The number of ether oxygens (including phenoxy) is 1. The van der Waals surface area contributed by atoms with Crippen LogP contribution in [-0.2, 0) is 25.8 Å². The number of nitrogens with one attached hydrogen (secondary N) is 1. The number of benzene rings is 2. The van der Waals surface area contributed by atoms with Gasteiger partial charge in [-0.1, -0.05) is 60.4 Å². The normalized spacial score (nSPS) is 15.1. The third-order valence-corrected chi connectivity index (χ3v) is 9.66. The van der Waals surface area contributed by atoms with Crippen molar-refractivity contribution >= 4 is 49.8 Å². The number of sulfone groups is 1. The van der Waals surface area contributed by atoms with Crippen molar-refractivity contribution in [2.45, 2.75) is 54.8 Å². The van der Waals surface area contributed by atoms with Gasteiger partial charge in [-0.15, -0.1) is 0 Å². The van der Waals surface area contributed by atoms with Crippen LogP contribution in [0.4, 0.5) is 13.9 Å². The lowest BCUT2D eigenvalue weighted by molar-refractivity contribution is -0.136. The van der Waals surface area contributed by atoms with E-state index in [0.29, 0.717) is 18.9 Å². The van der Waals surface area contributed by atoms with Gasteiger partial charge in [0.05, 0.1) is 22.3 Å². The molecule has 0 bridgehead atoms. The summed E-state index contributed by atoms with van der Waals surface area (Å²) in [5.41, 5.74) is -0.00509. The van der Waals surface area contributed by atoms with Gasteiger partial charge in [0.15, 0.2) is 26.5 Å². The fraction of sp³-hybridized carbons (Fsp3) is 0.320. The van der Waals surface area contributed by atoms with Crippen molar-refractivity contribution in [1.29, 1.82) is 0 Å². The summed E-state index contributed by atoms with van der Waals surface area (Å²) in [5.74, 6) is -4.51. The zero-order chi connectivity index (χ0) is 27.4. The molecule has 1 aromatic heterocycles. The maximum atomic E-state index is 14.5. The van der Waals surface area contributed by atoms with Gasteiger partial charge in [0.2, 0.25) is 6.10 Å². The van der Waals surface area contributed by atoms with Crippen LogP contribution >= 0.6 is 22.9 Å². The molecule has 0 saturated heterocycles. The number of nitrogens with zero attached hydrogens (tertiary/aromatic N) is 1. The van der Waals surface area contributed by atoms with E-state index in [0.717, 1.165) is 42.7 Å². The van der Waals surface area contributed by atoms with Crippen molar-refractivity contribution in [2.24, 2.45) is 0 Å². The van der Waals surface area contributed by atoms with Crippen molar-refractivity contribution in [3.8, 4) is 5.75 Å². The molecule has 1 fully saturated rings. The van der Waals surface area contributed by atoms with Gasteiger partial charge in [0.1, 0.15) is 10.2 Å². The SMILES string of the molecule is O=C(O)Cc1nc(NC(=O)C(Oc2ccc(F)cc2F)c2ccccc2S(=O)(=O)C2CCCCC2)sc1Cl. The minimum Gasteiger partial charge on any atom is -0.481 e. The molecule has 2 aromatic carbocycles. The summed E-state index contributed by atoms with van der Waals surface area (Å²) < 4.78 is 61.0. The van der Waals surface area contributed by atoms with Gasteiger partial charge in [-0.05, 0) is 31.0 Å². The van der Waals surface area contributed by atoms with E-state index in [2.05, 4.69) is 10.3 Å². The first-order chi connectivity index (χ1) is 18.1. The van der Waals surface area contributed by atoms with Gasteiger partial charge in [0, 0.05) is 11.6 Å². The Balaban J connectivity index is 1.74. The fourth-order valence-electron chi connectivity index (χ4n) is 4.28. The number of aromatic nitrogens is 1. The van der Waals surface area contributed by atoms with E-state index < -0.39 is 56.9 Å². The summed E-state index contributed by atoms with van der Waals surface area (Å²) in [6.45, 7) is 0. The Bertz CT molecular complexity index is 1460. The Hall–Kier alpha value is -3.09. The minimum absolute atomic E-state index is 0.0294. The Morgan fingerprint density at radius 2 is 1.87 bits per heavy atom. The number of hydrogen-bond donors (Lipinski definition) is 2. The minimum atomic E-state index is -3.88. The van der Waals surface area contributed by atoms with E-state index in [4.69, 9.17) is 21.4 Å². The molecule has 3 aromatic rings. The Labute approximate surface area is 226 Å². The highest BCUT2D eigenvalue weighted by atomic mass is 35.5. The molecule has 2 N–H and O–H groups in total. The number of carboxylic acid groups (broad SMARTS) is 1. The van der Waals surface area contributed by atoms with Crippen molar-refractivity contribution in [3.63, 3.8) is 0 Å². The molecule has 4 rings (SSSR count). The average molecular weight is 585 g/mol. The molecule has 13 heteroatoms. The first-order valence-corrected chi connectivity index (χ1v) is 14.4. The highest BCUT2D eigenvalue weighted by Gasteiger charge is 2.35. The third-order valence-electron chi connectivity index (χ3n) is 6.07. The van der Waals surface area contributed by atoms with E-state index >= 15 is 0 Å². The molecule has 1 unspecified atom stereocenters. The Morgan fingerprint density at radius 3 is 2.55 bits per heavy atom. The highest BCUT2D eigenvalue weighted by molar-refractivity contribution is 7.92. The van der Waals surface area contributed by atoms with Crippen LogP contribution in [0.3, 0.4) is 0 Å². The van der Waals surface area contributed by atoms with Gasteiger partial charge in [-0.25, -0.2) is 22.2 Å². The van der Waals surface area contributed by atoms with Crippen molar-refractivity contribution < 1.29 is 36.6 Å². The van der Waals surface area contributed by atoms with Gasteiger partial charge in [-0.2, -0.15) is 0 Å². The predicted molar refractivity (Wildman–Crippen MR) is 137 cm³/mol. The van der Waals surface area contributed by atoms with E-state index in [9.17, 15) is 26.8 Å². The number of anilines is 1. The van der Waals surface area contributed by atoms with E-state index in [1.165, 1.54) is 24.3 Å². The number of carbonyl (C=O) groups is 2. The lowest BCUT2D eigenvalue weighted by Crippen LogP contribution is -2.30. The lowest BCUT2D eigenvalue weighted by Gasteiger charge is -2.25. The molecule has 1 saturated carbocycles. The first kappa shape index (κ1) is 27.9. The number of hydrogen-bond acceptors (Lipinski definition) is 7. The van der Waals surface area contributed by atoms with Crippen molar-refractivity contribution in [2.75, 3.05) is 5.32 Å². The molecular weight excluding hydrogens is 562 g/mol. The van der Waals surface area contributed by atoms with Crippen molar-refractivity contribution in [1.82, 2.24) is 4.98 Å². The molecule has 38 heavy (non-hydrogen) atoms. The fourth-order valence-corrected chi connectivity index (χ4v) is 7.40. The van der Waals surface area contributed by atoms with Gasteiger partial charge < -0.3 is 9.84 Å². The molecule has 0 aliphatic heterocycles. The summed E-state index contributed by atoms with van der Waals surface area (Å²) in [5, 5.41) is 10.8. The van der Waals surface area contributed by atoms with Crippen LogP contribution in [0, 0.1) is 11.6 Å². The molecule has 0 radical (unpaired) electrons. The second kappa shape index (κ2) is 11.7. The smallest absolute Gasteiger partial charge is 0.309 e. The number of amides is 1. The summed E-state index contributed by atoms with van der Waals surface area (Å²) in [4.78, 5) is 28.4. The highest BCUT2D eigenvalue weighted by Crippen LogP contribution is 2.36. The number of halogens is 3. The first-order valence-electron chi connectivity index (χ1n) is 11.7. The van der Waals surface area contributed by atoms with Crippen LogP contribution in [0.5, 0.6) is 5.75 Å². The average Bonchev–Trinajstić information content (AvgIpc) is 3.21. The van der Waals surface area contributed by atoms with Crippen LogP contribution in [0.2, 0.25) is 4.34 Å². The molecule has 0 spiro atoms. The van der Waals surface area contributed by atoms with E-state index in [1.54, 1.807) is 0 Å². The number of carboxylic acids is 1. The predicted octanol–water partition coefficient (Wildman–Crippen LogP) is 5.57. The van der Waals surface area contributed by atoms with E-state index in [1.807, 2.05) is 0 Å². The van der Waals surface area contributed by atoms with Gasteiger partial charge in [-0.3, -0.25) is 14.9 Å². The Morgan fingerprint density at radius 1 is 1.16 bits per heavy atom. The Kier molecular flexibility index (Phi) is 8.64. The lowest BCUT2D eigenvalue weighted by atomic mass is 10.0. The van der Waals surface area contributed by atoms with Crippen LogP contribution in [0.1, 0.15) is 49.5 Å². The summed E-state index contributed by atoms with van der Waals surface area (Å²) >= 11 is 6.85. The molecule has 1 amide bonds. The summed E-state index contributed by atoms with van der Waals surface area (Å²) in [6.07, 6.45) is 1.25. The number of aliphatic carboxylic acids is 1. The molecule has 1 aliphatic carbocycles. The molecule has 202 valence electrons. The monoisotopic (exact) mass is 584 g/mol. The number of carbonyl (C=O) groups excluding carboxylic acids is 1.